The Kier molecular flexibility index (Phi) is 4.83. The number of fused-ring (bicyclic) bond motifs is 1. The van der Waals surface area contributed by atoms with Crippen LogP contribution >= 0.6 is 34.8 Å². The number of amides is 1. The van der Waals surface area contributed by atoms with E-state index in [0.29, 0.717) is 0 Å². The first kappa shape index (κ1) is 18.5. The summed E-state index contributed by atoms with van der Waals surface area (Å²) in [5.74, 6) is -0.517. The number of imidazole rings is 1. The van der Waals surface area contributed by atoms with Crippen molar-refractivity contribution >= 4 is 57.6 Å². The fourth-order valence-corrected chi connectivity index (χ4v) is 3.22. The third-order valence-electron chi connectivity index (χ3n) is 3.83. The molecule has 0 saturated carbocycles. The van der Waals surface area contributed by atoms with Crippen LogP contribution in [0.1, 0.15) is 0 Å². The van der Waals surface area contributed by atoms with Gasteiger partial charge in [-0.1, -0.05) is 29.3 Å². The second-order valence-electron chi connectivity index (χ2n) is 5.49. The van der Waals surface area contributed by atoms with Crippen LogP contribution in [-0.2, 0) is 25.4 Å². The van der Waals surface area contributed by atoms with Crippen molar-refractivity contribution in [1.29, 1.82) is 0 Å². The van der Waals surface area contributed by atoms with Crippen LogP contribution in [-0.4, -0.2) is 24.6 Å². The maximum Gasteiger partial charge on any atom is 0.332 e. The molecule has 2 aromatic heterocycles. The molecule has 0 fully saturated rings. The Balaban J connectivity index is 2.04. The molecule has 0 spiro atoms. The predicted molar refractivity (Wildman–Crippen MR) is 100 cm³/mol. The van der Waals surface area contributed by atoms with Gasteiger partial charge in [0.05, 0.1) is 15.7 Å². The van der Waals surface area contributed by atoms with Gasteiger partial charge in [0.1, 0.15) is 6.54 Å². The Hall–Kier alpha value is -2.29. The Morgan fingerprint density at radius 3 is 2.35 bits per heavy atom. The molecule has 1 amide bonds. The Labute approximate surface area is 161 Å². The van der Waals surface area contributed by atoms with Gasteiger partial charge in [-0.15, -0.1) is 0 Å². The molecule has 0 unspecified atom stereocenters. The molecule has 0 bridgehead atoms. The van der Waals surface area contributed by atoms with Crippen molar-refractivity contribution in [2.45, 2.75) is 6.54 Å². The summed E-state index contributed by atoms with van der Waals surface area (Å²) in [6.07, 6.45) is 0. The number of nitrogens with zero attached hydrogens (tertiary/aromatic N) is 4. The molecule has 2 heterocycles. The summed E-state index contributed by atoms with van der Waals surface area (Å²) in [5.41, 5.74) is -0.768. The van der Waals surface area contributed by atoms with Gasteiger partial charge in [-0.05, 0) is 23.7 Å². The first-order valence-corrected chi connectivity index (χ1v) is 8.41. The van der Waals surface area contributed by atoms with Crippen molar-refractivity contribution in [1.82, 2.24) is 18.7 Å². The molecule has 11 heteroatoms. The van der Waals surface area contributed by atoms with Gasteiger partial charge in [0.2, 0.25) is 11.2 Å². The molecule has 3 aromatic rings. The topological polar surface area (TPSA) is 90.9 Å². The van der Waals surface area contributed by atoms with Crippen LogP contribution in [0, 0.1) is 0 Å². The van der Waals surface area contributed by atoms with Crippen LogP contribution in [0.15, 0.2) is 27.8 Å². The number of aryl methyl sites for hydroxylation is 1. The number of nitrogens with one attached hydrogen (secondary N) is 1. The monoisotopic (exact) mass is 415 g/mol. The minimum atomic E-state index is -0.605. The lowest BCUT2D eigenvalue weighted by molar-refractivity contribution is -0.116. The second-order valence-corrected chi connectivity index (χ2v) is 6.64. The molecular formula is C15H12Cl3N5O3. The molecule has 0 atom stereocenters. The van der Waals surface area contributed by atoms with Gasteiger partial charge in [0, 0.05) is 14.1 Å². The van der Waals surface area contributed by atoms with Crippen molar-refractivity contribution in [2.75, 3.05) is 5.32 Å². The molecular weight excluding hydrogens is 405 g/mol. The summed E-state index contributed by atoms with van der Waals surface area (Å²) < 4.78 is 3.32. The molecule has 0 radical (unpaired) electrons. The van der Waals surface area contributed by atoms with E-state index in [1.807, 2.05) is 0 Å². The van der Waals surface area contributed by atoms with E-state index in [-0.39, 0.29) is 38.7 Å². The number of aromatic nitrogens is 4. The second kappa shape index (κ2) is 6.79. The van der Waals surface area contributed by atoms with Crippen LogP contribution in [0.25, 0.3) is 11.2 Å². The van der Waals surface area contributed by atoms with Gasteiger partial charge >= 0.3 is 5.69 Å². The lowest BCUT2D eigenvalue weighted by Gasteiger charge is -2.10. The molecule has 0 aliphatic rings. The van der Waals surface area contributed by atoms with Crippen molar-refractivity contribution in [3.8, 4) is 0 Å². The average Bonchev–Trinajstić information content (AvgIpc) is 2.91. The van der Waals surface area contributed by atoms with E-state index in [9.17, 15) is 14.4 Å². The highest BCUT2D eigenvalue weighted by Crippen LogP contribution is 2.29. The number of carbonyl (C=O) groups excluding carboxylic acids is 1. The van der Waals surface area contributed by atoms with Gasteiger partial charge in [-0.25, -0.2) is 4.79 Å². The number of hydrogen-bond donors (Lipinski definition) is 1. The molecule has 1 aromatic carbocycles. The van der Waals surface area contributed by atoms with Crippen LogP contribution in [0.3, 0.4) is 0 Å². The SMILES string of the molecule is Cn1c(=O)c2c(nc(Cl)n2CC(=O)Nc2c(Cl)cccc2Cl)n(C)c1=O. The van der Waals surface area contributed by atoms with E-state index in [1.165, 1.54) is 23.2 Å². The maximum atomic E-state index is 12.4. The summed E-state index contributed by atoms with van der Waals surface area (Å²) in [6, 6.07) is 4.80. The minimum absolute atomic E-state index is 0.0417. The number of hydrogen-bond acceptors (Lipinski definition) is 4. The summed E-state index contributed by atoms with van der Waals surface area (Å²) in [7, 11) is 2.79. The van der Waals surface area contributed by atoms with Crippen LogP contribution < -0.4 is 16.6 Å². The number of para-hydroxylation sites is 1. The van der Waals surface area contributed by atoms with Gasteiger partial charge in [-0.3, -0.25) is 23.3 Å². The Morgan fingerprint density at radius 1 is 1.12 bits per heavy atom. The molecule has 0 aliphatic heterocycles. The molecule has 3 rings (SSSR count). The van der Waals surface area contributed by atoms with Crippen LogP contribution in [0.4, 0.5) is 5.69 Å². The molecule has 1 N–H and O–H groups in total. The van der Waals surface area contributed by atoms with E-state index in [0.717, 1.165) is 4.57 Å². The summed E-state index contributed by atoms with van der Waals surface area (Å²) in [4.78, 5) is 40.9. The largest absolute Gasteiger partial charge is 0.332 e. The maximum absolute atomic E-state index is 12.4. The van der Waals surface area contributed by atoms with E-state index >= 15 is 0 Å². The fraction of sp³-hybridized carbons (Fsp3) is 0.200. The number of halogens is 3. The number of anilines is 1. The van der Waals surface area contributed by atoms with Gasteiger partial charge in [0.15, 0.2) is 11.2 Å². The first-order valence-electron chi connectivity index (χ1n) is 7.28. The Morgan fingerprint density at radius 2 is 1.73 bits per heavy atom. The normalized spacial score (nSPS) is 11.1. The van der Waals surface area contributed by atoms with Gasteiger partial charge in [0.25, 0.3) is 5.56 Å². The third kappa shape index (κ3) is 3.00. The van der Waals surface area contributed by atoms with E-state index in [1.54, 1.807) is 18.2 Å². The lowest BCUT2D eigenvalue weighted by atomic mass is 10.3. The number of carbonyl (C=O) groups is 1. The zero-order valence-electron chi connectivity index (χ0n) is 13.6. The Bertz CT molecular complexity index is 1140. The molecule has 0 aliphatic carbocycles. The molecule has 0 saturated heterocycles. The third-order valence-corrected chi connectivity index (χ3v) is 4.75. The van der Waals surface area contributed by atoms with Crippen LogP contribution in [0.2, 0.25) is 15.3 Å². The van der Waals surface area contributed by atoms with E-state index < -0.39 is 17.2 Å². The quantitative estimate of drug-likeness (QED) is 0.662. The molecule has 136 valence electrons. The van der Waals surface area contributed by atoms with Crippen molar-refractivity contribution < 1.29 is 4.79 Å². The predicted octanol–water partition coefficient (Wildman–Crippen LogP) is 2.03. The minimum Gasteiger partial charge on any atom is -0.322 e. The summed E-state index contributed by atoms with van der Waals surface area (Å²) in [5, 5.41) is 3.02. The summed E-state index contributed by atoms with van der Waals surface area (Å²) >= 11 is 18.1. The molecule has 8 nitrogen and oxygen atoms in total. The average molecular weight is 417 g/mol. The van der Waals surface area contributed by atoms with E-state index in [2.05, 4.69) is 10.3 Å². The highest BCUT2D eigenvalue weighted by molar-refractivity contribution is 6.39. The van der Waals surface area contributed by atoms with Crippen molar-refractivity contribution in [2.24, 2.45) is 14.1 Å². The summed E-state index contributed by atoms with van der Waals surface area (Å²) in [6.45, 7) is -0.315. The zero-order chi connectivity index (χ0) is 19.2. The van der Waals surface area contributed by atoms with E-state index in [4.69, 9.17) is 34.8 Å². The first-order chi connectivity index (χ1) is 12.2. The van der Waals surface area contributed by atoms with Crippen molar-refractivity contribution in [3.05, 3.63) is 54.4 Å². The number of rotatable bonds is 3. The zero-order valence-corrected chi connectivity index (χ0v) is 15.9. The highest BCUT2D eigenvalue weighted by atomic mass is 35.5. The standard InChI is InChI=1S/C15H12Cl3N5O3/c1-21-12-11(13(25)22(2)15(21)26)23(14(18)20-12)6-9(24)19-10-7(16)4-3-5-8(10)17/h3-5H,6H2,1-2H3,(H,19,24). The van der Waals surface area contributed by atoms with Crippen molar-refractivity contribution in [3.63, 3.8) is 0 Å². The lowest BCUT2D eigenvalue weighted by Crippen LogP contribution is -2.37. The van der Waals surface area contributed by atoms with Gasteiger partial charge in [-0.2, -0.15) is 4.98 Å². The smallest absolute Gasteiger partial charge is 0.322 e. The fourth-order valence-electron chi connectivity index (χ4n) is 2.50. The highest BCUT2D eigenvalue weighted by Gasteiger charge is 2.20. The number of benzene rings is 1. The van der Waals surface area contributed by atoms with Gasteiger partial charge < -0.3 is 5.32 Å². The molecule has 26 heavy (non-hydrogen) atoms. The van der Waals surface area contributed by atoms with Crippen LogP contribution in [0.5, 0.6) is 0 Å².